The van der Waals surface area contributed by atoms with E-state index in [4.69, 9.17) is 16.7 Å². The summed E-state index contributed by atoms with van der Waals surface area (Å²) in [4.78, 5) is 0. The molecule has 0 aliphatic carbocycles. The van der Waals surface area contributed by atoms with Crippen LogP contribution in [0, 0.1) is 0 Å². The van der Waals surface area contributed by atoms with Gasteiger partial charge < -0.3 is 5.11 Å². The Kier molecular flexibility index (Phi) is 5.51. The van der Waals surface area contributed by atoms with Gasteiger partial charge in [0.15, 0.2) is 0 Å². The molecule has 0 saturated carbocycles. The van der Waals surface area contributed by atoms with Crippen LogP contribution in [-0.2, 0) is 0 Å². The molecule has 0 aromatic carbocycles. The molecule has 0 radical (unpaired) electrons. The maximum atomic E-state index is 8.13. The van der Waals surface area contributed by atoms with Gasteiger partial charge in [-0.15, -0.1) is 0 Å². The standard InChI is InChI=1S/C5H7ClO/c6-4-2-1-3-5-7/h1-4,7H,5H2/b3-1+,4-2-. The SMILES string of the molecule is OC/C=C/C=C\Cl. The molecule has 1 N–H and O–H groups in total. The fourth-order valence-corrected chi connectivity index (χ4v) is 0.265. The van der Waals surface area contributed by atoms with Crippen LogP contribution >= 0.6 is 11.6 Å². The predicted octanol–water partition coefficient (Wildman–Crippen LogP) is 1.29. The van der Waals surface area contributed by atoms with Crippen LogP contribution < -0.4 is 0 Å². The fourth-order valence-electron chi connectivity index (χ4n) is 0.181. The minimum atomic E-state index is 0.0707. The first-order chi connectivity index (χ1) is 3.41. The lowest BCUT2D eigenvalue weighted by atomic mass is 10.5. The van der Waals surface area contributed by atoms with Crippen molar-refractivity contribution in [2.24, 2.45) is 0 Å². The van der Waals surface area contributed by atoms with Crippen molar-refractivity contribution in [3.8, 4) is 0 Å². The van der Waals surface area contributed by atoms with Gasteiger partial charge in [0.2, 0.25) is 0 Å². The largest absolute Gasteiger partial charge is 0.392 e. The second-order valence-corrected chi connectivity index (χ2v) is 1.18. The average molecular weight is 119 g/mol. The van der Waals surface area contributed by atoms with Crippen LogP contribution in [0.25, 0.3) is 0 Å². The number of allylic oxidation sites excluding steroid dienone is 2. The monoisotopic (exact) mass is 118 g/mol. The summed E-state index contributed by atoms with van der Waals surface area (Å²) in [5, 5.41) is 8.13. The quantitative estimate of drug-likeness (QED) is 0.542. The van der Waals surface area contributed by atoms with Gasteiger partial charge in [-0.05, 0) is 0 Å². The van der Waals surface area contributed by atoms with E-state index in [1.165, 1.54) is 5.54 Å². The Morgan fingerprint density at radius 2 is 2.14 bits per heavy atom. The molecule has 0 atom stereocenters. The first-order valence-corrected chi connectivity index (χ1v) is 2.38. The summed E-state index contributed by atoms with van der Waals surface area (Å²) >= 11 is 5.12. The second-order valence-electron chi connectivity index (χ2n) is 0.929. The molecule has 0 aromatic rings. The van der Waals surface area contributed by atoms with Crippen LogP contribution in [0.2, 0.25) is 0 Å². The van der Waals surface area contributed by atoms with Gasteiger partial charge in [-0.2, -0.15) is 0 Å². The van der Waals surface area contributed by atoms with Crippen molar-refractivity contribution in [1.82, 2.24) is 0 Å². The molecule has 0 rings (SSSR count). The van der Waals surface area contributed by atoms with Gasteiger partial charge in [0.1, 0.15) is 0 Å². The van der Waals surface area contributed by atoms with E-state index >= 15 is 0 Å². The zero-order valence-electron chi connectivity index (χ0n) is 3.84. The second kappa shape index (κ2) is 5.73. The van der Waals surface area contributed by atoms with E-state index in [-0.39, 0.29) is 6.61 Å². The van der Waals surface area contributed by atoms with E-state index in [2.05, 4.69) is 0 Å². The summed E-state index contributed by atoms with van der Waals surface area (Å²) < 4.78 is 0. The van der Waals surface area contributed by atoms with Crippen molar-refractivity contribution >= 4 is 11.6 Å². The van der Waals surface area contributed by atoms with Crippen molar-refractivity contribution in [2.45, 2.75) is 0 Å². The van der Waals surface area contributed by atoms with E-state index < -0.39 is 0 Å². The molecule has 40 valence electrons. The highest BCUT2D eigenvalue weighted by Crippen LogP contribution is 1.78. The maximum Gasteiger partial charge on any atom is 0.0615 e. The van der Waals surface area contributed by atoms with Crippen LogP contribution in [0.5, 0.6) is 0 Å². The molecule has 0 bridgehead atoms. The van der Waals surface area contributed by atoms with Crippen LogP contribution in [0.4, 0.5) is 0 Å². The average Bonchev–Trinajstić information content (AvgIpc) is 1.69. The van der Waals surface area contributed by atoms with Crippen LogP contribution in [-0.4, -0.2) is 11.7 Å². The Hall–Kier alpha value is -0.270. The van der Waals surface area contributed by atoms with Gasteiger partial charge in [0, 0.05) is 5.54 Å². The summed E-state index contributed by atoms with van der Waals surface area (Å²) in [5.74, 6) is 0. The molecule has 2 heteroatoms. The van der Waals surface area contributed by atoms with Gasteiger partial charge in [0.25, 0.3) is 0 Å². The Morgan fingerprint density at radius 3 is 2.57 bits per heavy atom. The van der Waals surface area contributed by atoms with E-state index in [9.17, 15) is 0 Å². The highest BCUT2D eigenvalue weighted by Gasteiger charge is 1.59. The van der Waals surface area contributed by atoms with Crippen LogP contribution in [0.15, 0.2) is 23.8 Å². The normalized spacial score (nSPS) is 11.7. The minimum Gasteiger partial charge on any atom is -0.392 e. The molecular weight excluding hydrogens is 112 g/mol. The molecule has 7 heavy (non-hydrogen) atoms. The molecule has 0 aliphatic rings. The highest BCUT2D eigenvalue weighted by molar-refractivity contribution is 6.25. The van der Waals surface area contributed by atoms with E-state index in [1.54, 1.807) is 18.2 Å². The van der Waals surface area contributed by atoms with Gasteiger partial charge in [0.05, 0.1) is 6.61 Å². The Bertz CT molecular complexity index is 76.1. The predicted molar refractivity (Wildman–Crippen MR) is 31.2 cm³/mol. The number of aliphatic hydroxyl groups is 1. The lowest BCUT2D eigenvalue weighted by molar-refractivity contribution is 0.343. The Morgan fingerprint density at radius 1 is 1.43 bits per heavy atom. The van der Waals surface area contributed by atoms with Crippen molar-refractivity contribution in [1.29, 1.82) is 0 Å². The first kappa shape index (κ1) is 6.73. The number of aliphatic hydroxyl groups excluding tert-OH is 1. The summed E-state index contributed by atoms with van der Waals surface area (Å²) in [7, 11) is 0. The minimum absolute atomic E-state index is 0.0707. The summed E-state index contributed by atoms with van der Waals surface area (Å²) in [6.45, 7) is 0.0707. The molecular formula is C5H7ClO. The molecule has 0 unspecified atom stereocenters. The lowest BCUT2D eigenvalue weighted by Gasteiger charge is -1.70. The first-order valence-electron chi connectivity index (χ1n) is 1.94. The summed E-state index contributed by atoms with van der Waals surface area (Å²) in [5.41, 5.74) is 1.38. The van der Waals surface area contributed by atoms with Crippen molar-refractivity contribution in [3.63, 3.8) is 0 Å². The number of hydrogen-bond donors (Lipinski definition) is 1. The van der Waals surface area contributed by atoms with Gasteiger partial charge in [-0.25, -0.2) is 0 Å². The zero-order chi connectivity index (χ0) is 5.54. The molecule has 0 spiro atoms. The van der Waals surface area contributed by atoms with Crippen molar-refractivity contribution in [2.75, 3.05) is 6.61 Å². The molecule has 0 aliphatic heterocycles. The molecule has 0 amide bonds. The highest BCUT2D eigenvalue weighted by atomic mass is 35.5. The van der Waals surface area contributed by atoms with E-state index in [0.717, 1.165) is 0 Å². The van der Waals surface area contributed by atoms with Crippen LogP contribution in [0.1, 0.15) is 0 Å². The van der Waals surface area contributed by atoms with Gasteiger partial charge in [-0.1, -0.05) is 29.8 Å². The van der Waals surface area contributed by atoms with E-state index in [0.29, 0.717) is 0 Å². The van der Waals surface area contributed by atoms with Crippen LogP contribution in [0.3, 0.4) is 0 Å². The Balaban J connectivity index is 3.09. The summed E-state index contributed by atoms with van der Waals surface area (Å²) in [6, 6.07) is 0. The number of halogens is 1. The van der Waals surface area contributed by atoms with E-state index in [1.807, 2.05) is 0 Å². The number of rotatable bonds is 2. The zero-order valence-corrected chi connectivity index (χ0v) is 4.60. The maximum absolute atomic E-state index is 8.13. The molecule has 1 nitrogen and oxygen atoms in total. The third-order valence-corrected chi connectivity index (χ3v) is 0.571. The number of hydrogen-bond acceptors (Lipinski definition) is 1. The summed E-state index contributed by atoms with van der Waals surface area (Å²) in [6.07, 6.45) is 4.91. The fraction of sp³-hybridized carbons (Fsp3) is 0.200. The molecule has 0 saturated heterocycles. The van der Waals surface area contributed by atoms with Gasteiger partial charge in [-0.3, -0.25) is 0 Å². The smallest absolute Gasteiger partial charge is 0.0615 e. The third-order valence-electron chi connectivity index (χ3n) is 0.425. The van der Waals surface area contributed by atoms with Crippen molar-refractivity contribution < 1.29 is 5.11 Å². The topological polar surface area (TPSA) is 20.2 Å². The lowest BCUT2D eigenvalue weighted by Crippen LogP contribution is -1.66. The molecule has 0 heterocycles. The molecule has 0 fully saturated rings. The van der Waals surface area contributed by atoms with Crippen molar-refractivity contribution in [3.05, 3.63) is 23.8 Å². The van der Waals surface area contributed by atoms with Gasteiger partial charge >= 0.3 is 0 Å². The Labute approximate surface area is 47.9 Å². The molecule has 0 aromatic heterocycles. The third kappa shape index (κ3) is 5.73.